The number of benzene rings is 2. The Labute approximate surface area is 211 Å². The Morgan fingerprint density at radius 1 is 1.08 bits per heavy atom. The number of nitrogens with zero attached hydrogens (tertiary/aromatic N) is 1. The zero-order chi connectivity index (χ0) is 26.0. The average molecular weight is 507 g/mol. The van der Waals surface area contributed by atoms with Crippen LogP contribution in [-0.4, -0.2) is 35.1 Å². The predicted octanol–water partition coefficient (Wildman–Crippen LogP) is 4.01. The number of amides is 2. The van der Waals surface area contributed by atoms with Gasteiger partial charge in [-0.2, -0.15) is 0 Å². The summed E-state index contributed by atoms with van der Waals surface area (Å²) in [5, 5.41) is 11.5. The highest BCUT2D eigenvalue weighted by atomic mass is 32.1. The molecule has 36 heavy (non-hydrogen) atoms. The molecule has 0 bridgehead atoms. The Balaban J connectivity index is 1.58. The van der Waals surface area contributed by atoms with E-state index in [4.69, 9.17) is 31.2 Å². The second kappa shape index (κ2) is 10.0. The van der Waals surface area contributed by atoms with Crippen molar-refractivity contribution in [2.45, 2.75) is 20.5 Å². The van der Waals surface area contributed by atoms with E-state index in [1.54, 1.807) is 24.3 Å². The first-order valence-electron chi connectivity index (χ1n) is 10.8. The number of thiocarbonyl (C=S) groups is 1. The molecule has 2 N–H and O–H groups in total. The van der Waals surface area contributed by atoms with Crippen LogP contribution in [-0.2, 0) is 16.2 Å². The van der Waals surface area contributed by atoms with Gasteiger partial charge in [-0.25, -0.2) is 4.79 Å². The summed E-state index contributed by atoms with van der Waals surface area (Å²) in [5.41, 5.74) is 3.05. The Morgan fingerprint density at radius 3 is 2.53 bits per heavy atom. The molecule has 1 aliphatic heterocycles. The Hall–Kier alpha value is -4.44. The van der Waals surface area contributed by atoms with E-state index in [-0.39, 0.29) is 23.1 Å². The minimum atomic E-state index is -1.17. The van der Waals surface area contributed by atoms with E-state index in [2.05, 4.69) is 5.32 Å². The molecule has 0 aliphatic carbocycles. The van der Waals surface area contributed by atoms with Gasteiger partial charge in [-0.1, -0.05) is 12.1 Å². The van der Waals surface area contributed by atoms with E-state index in [0.717, 1.165) is 11.1 Å². The average Bonchev–Trinajstić information content (AvgIpc) is 3.32. The predicted molar refractivity (Wildman–Crippen MR) is 135 cm³/mol. The van der Waals surface area contributed by atoms with Gasteiger partial charge in [0.25, 0.3) is 11.8 Å². The van der Waals surface area contributed by atoms with Crippen molar-refractivity contribution in [3.63, 3.8) is 0 Å². The number of aryl methyl sites for hydroxylation is 2. The van der Waals surface area contributed by atoms with Gasteiger partial charge in [0.05, 0.1) is 12.8 Å². The highest BCUT2D eigenvalue weighted by Crippen LogP contribution is 2.31. The van der Waals surface area contributed by atoms with Gasteiger partial charge in [0.15, 0.2) is 16.6 Å². The second-order valence-corrected chi connectivity index (χ2v) is 8.38. The summed E-state index contributed by atoms with van der Waals surface area (Å²) >= 11 is 5.27. The molecule has 1 fully saturated rings. The summed E-state index contributed by atoms with van der Waals surface area (Å²) in [5.74, 6) is -1.46. The number of nitrogens with one attached hydrogen (secondary N) is 1. The lowest BCUT2D eigenvalue weighted by molar-refractivity contribution is -0.122. The van der Waals surface area contributed by atoms with Gasteiger partial charge in [-0.15, -0.1) is 0 Å². The van der Waals surface area contributed by atoms with E-state index in [9.17, 15) is 14.4 Å². The summed E-state index contributed by atoms with van der Waals surface area (Å²) in [6.45, 7) is 3.87. The zero-order valence-corrected chi connectivity index (χ0v) is 20.5. The molecule has 1 aromatic heterocycles. The van der Waals surface area contributed by atoms with Gasteiger partial charge < -0.3 is 19.0 Å². The molecule has 1 aliphatic rings. The Kier molecular flexibility index (Phi) is 6.89. The summed E-state index contributed by atoms with van der Waals surface area (Å²) in [6, 6.07) is 13.2. The van der Waals surface area contributed by atoms with Crippen molar-refractivity contribution in [2.24, 2.45) is 0 Å². The van der Waals surface area contributed by atoms with Gasteiger partial charge in [-0.3, -0.25) is 19.8 Å². The van der Waals surface area contributed by atoms with Gasteiger partial charge in [-0.05, 0) is 85.2 Å². The number of hydrogen-bond acceptors (Lipinski definition) is 7. The first-order valence-corrected chi connectivity index (χ1v) is 11.2. The number of carboxylic acids is 1. The standard InChI is InChI=1S/C26H22N2O7S/c1-14-4-6-17(10-15(14)2)28-24(30)19(23(29)27-26(28)36)11-16-5-8-20(22(12-16)33-3)34-13-18-7-9-21(35-18)25(31)32/h4-12H,13H2,1-3H3,(H,31,32)(H,27,29,36)/b19-11+. The maximum atomic E-state index is 13.3. The largest absolute Gasteiger partial charge is 0.493 e. The number of carbonyl (C=O) groups excluding carboxylic acids is 2. The van der Waals surface area contributed by atoms with Crippen LogP contribution in [0.2, 0.25) is 0 Å². The lowest BCUT2D eigenvalue weighted by Gasteiger charge is -2.29. The molecule has 2 aromatic carbocycles. The van der Waals surface area contributed by atoms with Gasteiger partial charge in [0.2, 0.25) is 5.76 Å². The topological polar surface area (TPSA) is 118 Å². The minimum Gasteiger partial charge on any atom is -0.493 e. The molecule has 2 amide bonds. The van der Waals surface area contributed by atoms with E-state index in [1.165, 1.54) is 30.2 Å². The van der Waals surface area contributed by atoms with Gasteiger partial charge in [0, 0.05) is 0 Å². The molecule has 0 unspecified atom stereocenters. The zero-order valence-electron chi connectivity index (χ0n) is 19.7. The van der Waals surface area contributed by atoms with Crippen molar-refractivity contribution in [3.05, 3.63) is 82.3 Å². The number of carboxylic acid groups (broad SMARTS) is 1. The number of ether oxygens (including phenoxy) is 2. The van der Waals surface area contributed by atoms with Crippen LogP contribution in [0.1, 0.15) is 33.0 Å². The monoisotopic (exact) mass is 506 g/mol. The smallest absolute Gasteiger partial charge is 0.371 e. The third-order valence-electron chi connectivity index (χ3n) is 5.59. The third-order valence-corrected chi connectivity index (χ3v) is 5.88. The van der Waals surface area contributed by atoms with E-state index >= 15 is 0 Å². The number of carbonyl (C=O) groups is 3. The van der Waals surface area contributed by atoms with Crippen molar-refractivity contribution in [1.82, 2.24) is 5.32 Å². The minimum absolute atomic E-state index is 0.00992. The molecular weight excluding hydrogens is 484 g/mol. The number of anilines is 1. The number of hydrogen-bond donors (Lipinski definition) is 2. The third kappa shape index (κ3) is 4.98. The molecule has 1 saturated heterocycles. The highest BCUT2D eigenvalue weighted by Gasteiger charge is 2.34. The number of methoxy groups -OCH3 is 1. The normalized spacial score (nSPS) is 14.7. The fourth-order valence-electron chi connectivity index (χ4n) is 3.54. The second-order valence-electron chi connectivity index (χ2n) is 8.00. The highest BCUT2D eigenvalue weighted by molar-refractivity contribution is 7.80. The number of rotatable bonds is 7. The lowest BCUT2D eigenvalue weighted by Crippen LogP contribution is -2.54. The molecule has 0 atom stereocenters. The lowest BCUT2D eigenvalue weighted by atomic mass is 10.0. The van der Waals surface area contributed by atoms with Crippen LogP contribution in [0.15, 0.2) is 58.5 Å². The van der Waals surface area contributed by atoms with Crippen LogP contribution in [0.4, 0.5) is 5.69 Å². The Morgan fingerprint density at radius 2 is 1.86 bits per heavy atom. The molecule has 2 heterocycles. The quantitative estimate of drug-likeness (QED) is 0.280. The van der Waals surface area contributed by atoms with Crippen molar-refractivity contribution in [2.75, 3.05) is 12.0 Å². The molecule has 4 rings (SSSR count). The number of furan rings is 1. The van der Waals surface area contributed by atoms with E-state index in [0.29, 0.717) is 28.5 Å². The summed E-state index contributed by atoms with van der Waals surface area (Å²) in [7, 11) is 1.45. The van der Waals surface area contributed by atoms with Gasteiger partial charge >= 0.3 is 5.97 Å². The SMILES string of the molecule is COc1cc(/C=C2\C(=O)NC(=S)N(c3ccc(C)c(C)c3)C2=O)ccc1OCc1ccc(C(=O)O)o1. The molecular formula is C26H22N2O7S. The molecule has 3 aromatic rings. The maximum Gasteiger partial charge on any atom is 0.371 e. The number of aromatic carboxylic acids is 1. The maximum absolute atomic E-state index is 13.3. The van der Waals surface area contributed by atoms with E-state index < -0.39 is 17.8 Å². The first kappa shape index (κ1) is 24.7. The van der Waals surface area contributed by atoms with Crippen LogP contribution in [0.25, 0.3) is 6.08 Å². The van der Waals surface area contributed by atoms with Crippen LogP contribution in [0.3, 0.4) is 0 Å². The van der Waals surface area contributed by atoms with Gasteiger partial charge in [0.1, 0.15) is 17.9 Å². The van der Waals surface area contributed by atoms with Crippen molar-refractivity contribution >= 4 is 46.9 Å². The Bertz CT molecular complexity index is 1420. The van der Waals surface area contributed by atoms with Crippen molar-refractivity contribution in [3.8, 4) is 11.5 Å². The molecule has 0 saturated carbocycles. The summed E-state index contributed by atoms with van der Waals surface area (Å²) in [4.78, 5) is 38.2. The molecule has 0 radical (unpaired) electrons. The molecule has 10 heteroatoms. The van der Waals surface area contributed by atoms with Crippen LogP contribution in [0.5, 0.6) is 11.5 Å². The van der Waals surface area contributed by atoms with E-state index in [1.807, 2.05) is 26.0 Å². The van der Waals surface area contributed by atoms with Crippen LogP contribution in [0, 0.1) is 13.8 Å². The summed E-state index contributed by atoms with van der Waals surface area (Å²) in [6.07, 6.45) is 1.45. The van der Waals surface area contributed by atoms with Crippen LogP contribution >= 0.6 is 12.2 Å². The van der Waals surface area contributed by atoms with Crippen molar-refractivity contribution in [1.29, 1.82) is 0 Å². The molecule has 184 valence electrons. The summed E-state index contributed by atoms with van der Waals surface area (Å²) < 4.78 is 16.3. The molecule has 9 nitrogen and oxygen atoms in total. The fraction of sp³-hybridized carbons (Fsp3) is 0.154. The molecule has 0 spiro atoms. The first-order chi connectivity index (χ1) is 17.2. The van der Waals surface area contributed by atoms with Crippen LogP contribution < -0.4 is 19.7 Å². The van der Waals surface area contributed by atoms with Crippen molar-refractivity contribution < 1.29 is 33.4 Å². The fourth-order valence-corrected chi connectivity index (χ4v) is 3.82.